The Kier molecular flexibility index (Phi) is 5.23. The SMILES string of the molecule is COc1cc(C=CC(=O)OC(C)C)cc(OC)c1O. The van der Waals surface area contributed by atoms with Gasteiger partial charge in [-0.2, -0.15) is 0 Å². The van der Waals surface area contributed by atoms with Gasteiger partial charge in [0.15, 0.2) is 11.5 Å². The van der Waals surface area contributed by atoms with Crippen LogP contribution in [-0.2, 0) is 9.53 Å². The van der Waals surface area contributed by atoms with Crippen LogP contribution in [-0.4, -0.2) is 31.4 Å². The van der Waals surface area contributed by atoms with Gasteiger partial charge in [-0.05, 0) is 37.6 Å². The summed E-state index contributed by atoms with van der Waals surface area (Å²) in [5.74, 6) is 0.0420. The summed E-state index contributed by atoms with van der Waals surface area (Å²) in [6, 6.07) is 3.19. The van der Waals surface area contributed by atoms with Crippen LogP contribution in [0.4, 0.5) is 0 Å². The maximum absolute atomic E-state index is 11.4. The normalized spacial score (nSPS) is 10.8. The highest BCUT2D eigenvalue weighted by Crippen LogP contribution is 2.37. The van der Waals surface area contributed by atoms with Gasteiger partial charge in [0.05, 0.1) is 20.3 Å². The zero-order valence-electron chi connectivity index (χ0n) is 11.5. The van der Waals surface area contributed by atoms with Crippen molar-refractivity contribution in [2.45, 2.75) is 20.0 Å². The summed E-state index contributed by atoms with van der Waals surface area (Å²) < 4.78 is 15.0. The molecular weight excluding hydrogens is 248 g/mol. The third kappa shape index (κ3) is 4.21. The number of esters is 1. The molecule has 0 saturated carbocycles. The molecule has 0 saturated heterocycles. The predicted molar refractivity (Wildman–Crippen MR) is 71.5 cm³/mol. The van der Waals surface area contributed by atoms with Gasteiger partial charge in [-0.3, -0.25) is 0 Å². The van der Waals surface area contributed by atoms with Gasteiger partial charge in [0.2, 0.25) is 5.75 Å². The maximum atomic E-state index is 11.4. The largest absolute Gasteiger partial charge is 0.502 e. The lowest BCUT2D eigenvalue weighted by Crippen LogP contribution is -2.08. The average molecular weight is 266 g/mol. The first-order valence-electron chi connectivity index (χ1n) is 5.81. The molecule has 1 rings (SSSR count). The Balaban J connectivity index is 2.95. The van der Waals surface area contributed by atoms with Gasteiger partial charge >= 0.3 is 5.97 Å². The van der Waals surface area contributed by atoms with E-state index in [1.165, 1.54) is 20.3 Å². The van der Waals surface area contributed by atoms with E-state index in [0.29, 0.717) is 5.56 Å². The molecule has 0 heterocycles. The van der Waals surface area contributed by atoms with E-state index in [1.54, 1.807) is 32.1 Å². The summed E-state index contributed by atoms with van der Waals surface area (Å²) in [6.07, 6.45) is 2.71. The van der Waals surface area contributed by atoms with Crippen molar-refractivity contribution >= 4 is 12.0 Å². The fraction of sp³-hybridized carbons (Fsp3) is 0.357. The second kappa shape index (κ2) is 6.68. The lowest BCUT2D eigenvalue weighted by Gasteiger charge is -2.09. The molecular formula is C14H18O5. The second-order valence-corrected chi connectivity index (χ2v) is 4.09. The van der Waals surface area contributed by atoms with E-state index in [4.69, 9.17) is 14.2 Å². The van der Waals surface area contributed by atoms with Gasteiger partial charge in [-0.25, -0.2) is 4.79 Å². The zero-order chi connectivity index (χ0) is 14.4. The molecule has 0 fully saturated rings. The van der Waals surface area contributed by atoms with E-state index in [2.05, 4.69) is 0 Å². The Morgan fingerprint density at radius 3 is 2.16 bits per heavy atom. The number of rotatable bonds is 5. The molecule has 0 amide bonds. The quantitative estimate of drug-likeness (QED) is 0.654. The molecule has 104 valence electrons. The third-order valence-electron chi connectivity index (χ3n) is 2.27. The van der Waals surface area contributed by atoms with Gasteiger partial charge in [-0.15, -0.1) is 0 Å². The van der Waals surface area contributed by atoms with Crippen molar-refractivity contribution in [3.63, 3.8) is 0 Å². The Morgan fingerprint density at radius 1 is 1.21 bits per heavy atom. The summed E-state index contributed by atoms with van der Waals surface area (Å²) in [5, 5.41) is 9.74. The summed E-state index contributed by atoms with van der Waals surface area (Å²) >= 11 is 0. The molecule has 5 nitrogen and oxygen atoms in total. The molecule has 5 heteroatoms. The van der Waals surface area contributed by atoms with Crippen LogP contribution in [0.2, 0.25) is 0 Å². The zero-order valence-corrected chi connectivity index (χ0v) is 11.5. The third-order valence-corrected chi connectivity index (χ3v) is 2.27. The smallest absolute Gasteiger partial charge is 0.331 e. The van der Waals surface area contributed by atoms with Crippen LogP contribution < -0.4 is 9.47 Å². The van der Waals surface area contributed by atoms with Gasteiger partial charge in [-0.1, -0.05) is 0 Å². The molecule has 0 unspecified atom stereocenters. The fourth-order valence-electron chi connectivity index (χ4n) is 1.45. The van der Waals surface area contributed by atoms with Crippen molar-refractivity contribution in [3.05, 3.63) is 23.8 Å². The van der Waals surface area contributed by atoms with Gasteiger partial charge in [0, 0.05) is 6.08 Å². The maximum Gasteiger partial charge on any atom is 0.331 e. The molecule has 0 spiro atoms. The first kappa shape index (κ1) is 14.9. The average Bonchev–Trinajstić information content (AvgIpc) is 2.36. The van der Waals surface area contributed by atoms with E-state index >= 15 is 0 Å². The van der Waals surface area contributed by atoms with Gasteiger partial charge in [0.1, 0.15) is 0 Å². The van der Waals surface area contributed by atoms with Crippen molar-refractivity contribution in [2.75, 3.05) is 14.2 Å². The minimum Gasteiger partial charge on any atom is -0.502 e. The molecule has 19 heavy (non-hydrogen) atoms. The lowest BCUT2D eigenvalue weighted by atomic mass is 10.1. The number of benzene rings is 1. The first-order chi connectivity index (χ1) is 8.97. The summed E-state index contributed by atoms with van der Waals surface area (Å²) in [6.45, 7) is 3.55. The number of hydrogen-bond acceptors (Lipinski definition) is 5. The van der Waals surface area contributed by atoms with E-state index in [9.17, 15) is 9.90 Å². The van der Waals surface area contributed by atoms with Crippen LogP contribution in [0.1, 0.15) is 19.4 Å². The van der Waals surface area contributed by atoms with E-state index in [-0.39, 0.29) is 23.4 Å². The highest BCUT2D eigenvalue weighted by Gasteiger charge is 2.10. The Morgan fingerprint density at radius 2 is 1.74 bits per heavy atom. The highest BCUT2D eigenvalue weighted by molar-refractivity contribution is 5.87. The molecule has 0 aliphatic heterocycles. The molecule has 1 aromatic carbocycles. The standard InChI is InChI=1S/C14H18O5/c1-9(2)19-13(15)6-5-10-7-11(17-3)14(16)12(8-10)18-4/h5-9,16H,1-4H3. The second-order valence-electron chi connectivity index (χ2n) is 4.09. The summed E-state index contributed by atoms with van der Waals surface area (Å²) in [5.41, 5.74) is 0.659. The molecule has 0 aliphatic rings. The lowest BCUT2D eigenvalue weighted by molar-refractivity contribution is -0.141. The molecule has 0 aliphatic carbocycles. The minimum absolute atomic E-state index is 0.0769. The Bertz CT molecular complexity index is 452. The topological polar surface area (TPSA) is 65.0 Å². The monoisotopic (exact) mass is 266 g/mol. The number of carbonyl (C=O) groups excluding carboxylic acids is 1. The Labute approximate surface area is 112 Å². The van der Waals surface area contributed by atoms with Crippen LogP contribution in [0, 0.1) is 0 Å². The first-order valence-corrected chi connectivity index (χ1v) is 5.81. The molecule has 1 N–H and O–H groups in total. The van der Waals surface area contributed by atoms with Crippen molar-refractivity contribution in [1.29, 1.82) is 0 Å². The summed E-state index contributed by atoms with van der Waals surface area (Å²) in [7, 11) is 2.88. The highest BCUT2D eigenvalue weighted by atomic mass is 16.5. The molecule has 1 aromatic rings. The van der Waals surface area contributed by atoms with E-state index in [0.717, 1.165) is 0 Å². The number of methoxy groups -OCH3 is 2. The number of carbonyl (C=O) groups is 1. The fourth-order valence-corrected chi connectivity index (χ4v) is 1.45. The van der Waals surface area contributed by atoms with E-state index in [1.807, 2.05) is 0 Å². The number of ether oxygens (including phenoxy) is 3. The number of phenolic OH excluding ortho intramolecular Hbond substituents is 1. The van der Waals surface area contributed by atoms with Crippen molar-refractivity contribution in [1.82, 2.24) is 0 Å². The van der Waals surface area contributed by atoms with Gasteiger partial charge < -0.3 is 19.3 Å². The minimum atomic E-state index is -0.430. The van der Waals surface area contributed by atoms with Crippen LogP contribution in [0.15, 0.2) is 18.2 Å². The van der Waals surface area contributed by atoms with Crippen LogP contribution in [0.3, 0.4) is 0 Å². The van der Waals surface area contributed by atoms with Crippen molar-refractivity contribution in [2.24, 2.45) is 0 Å². The molecule has 0 atom stereocenters. The van der Waals surface area contributed by atoms with Gasteiger partial charge in [0.25, 0.3) is 0 Å². The van der Waals surface area contributed by atoms with Crippen molar-refractivity contribution in [3.8, 4) is 17.2 Å². The Hall–Kier alpha value is -2.17. The van der Waals surface area contributed by atoms with Crippen LogP contribution in [0.5, 0.6) is 17.2 Å². The van der Waals surface area contributed by atoms with Crippen LogP contribution in [0.25, 0.3) is 6.08 Å². The molecule has 0 radical (unpaired) electrons. The van der Waals surface area contributed by atoms with E-state index < -0.39 is 5.97 Å². The summed E-state index contributed by atoms with van der Waals surface area (Å²) in [4.78, 5) is 11.4. The number of aromatic hydroxyl groups is 1. The van der Waals surface area contributed by atoms with Crippen LogP contribution >= 0.6 is 0 Å². The number of phenols is 1. The number of hydrogen-bond donors (Lipinski definition) is 1. The molecule has 0 bridgehead atoms. The predicted octanol–water partition coefficient (Wildman–Crippen LogP) is 2.37. The van der Waals surface area contributed by atoms with Crippen molar-refractivity contribution < 1.29 is 24.1 Å². The molecule has 0 aromatic heterocycles.